The second-order valence-electron chi connectivity index (χ2n) is 5.29. The lowest BCUT2D eigenvalue weighted by molar-refractivity contribution is -0.133. The van der Waals surface area contributed by atoms with E-state index < -0.39 is 0 Å². The van der Waals surface area contributed by atoms with Gasteiger partial charge in [-0.05, 0) is 44.7 Å². The Hall–Kier alpha value is -0.120. The van der Waals surface area contributed by atoms with Gasteiger partial charge in [-0.25, -0.2) is 0 Å². The Kier molecular flexibility index (Phi) is 2.71. The van der Waals surface area contributed by atoms with Crippen LogP contribution in [-0.2, 0) is 4.74 Å². The molecule has 3 heteroatoms. The van der Waals surface area contributed by atoms with Crippen molar-refractivity contribution < 1.29 is 4.74 Å². The lowest BCUT2D eigenvalue weighted by Crippen LogP contribution is -2.65. The highest BCUT2D eigenvalue weighted by atomic mass is 16.5. The first-order valence-corrected chi connectivity index (χ1v) is 6.49. The standard InChI is InChI=1S/C12H22N2O/c1-2-10(3-1)11-12(15-9-8-14-11)4-6-13-7-5-12/h10-11,13-14H,1-9H2. The van der Waals surface area contributed by atoms with Gasteiger partial charge in [0.1, 0.15) is 0 Å². The molecule has 86 valence electrons. The van der Waals surface area contributed by atoms with Crippen LogP contribution in [0.3, 0.4) is 0 Å². The van der Waals surface area contributed by atoms with Crippen molar-refractivity contribution in [3.05, 3.63) is 0 Å². The Labute approximate surface area is 91.9 Å². The molecule has 1 spiro atoms. The van der Waals surface area contributed by atoms with E-state index in [9.17, 15) is 0 Å². The van der Waals surface area contributed by atoms with Crippen molar-refractivity contribution in [2.75, 3.05) is 26.2 Å². The molecule has 3 fully saturated rings. The van der Waals surface area contributed by atoms with Gasteiger partial charge >= 0.3 is 0 Å². The topological polar surface area (TPSA) is 33.3 Å². The zero-order chi connectivity index (χ0) is 10.1. The third-order valence-corrected chi connectivity index (χ3v) is 4.49. The average Bonchev–Trinajstić information content (AvgIpc) is 2.20. The Morgan fingerprint density at radius 3 is 2.53 bits per heavy atom. The van der Waals surface area contributed by atoms with E-state index in [4.69, 9.17) is 4.74 Å². The van der Waals surface area contributed by atoms with Crippen molar-refractivity contribution >= 4 is 0 Å². The summed E-state index contributed by atoms with van der Waals surface area (Å²) >= 11 is 0. The minimum Gasteiger partial charge on any atom is -0.372 e. The van der Waals surface area contributed by atoms with Crippen molar-refractivity contribution in [1.29, 1.82) is 0 Å². The molecule has 0 aromatic carbocycles. The van der Waals surface area contributed by atoms with Crippen LogP contribution >= 0.6 is 0 Å². The fourth-order valence-electron chi connectivity index (χ4n) is 3.42. The Bertz CT molecular complexity index is 213. The SMILES string of the molecule is C1CC(C2NCCOC23CCNCC3)C1. The van der Waals surface area contributed by atoms with E-state index in [-0.39, 0.29) is 5.60 Å². The molecule has 2 heterocycles. The van der Waals surface area contributed by atoms with Crippen LogP contribution in [-0.4, -0.2) is 37.9 Å². The quantitative estimate of drug-likeness (QED) is 0.674. The molecule has 0 aromatic heterocycles. The zero-order valence-electron chi connectivity index (χ0n) is 9.43. The molecule has 2 aliphatic heterocycles. The van der Waals surface area contributed by atoms with E-state index in [1.807, 2.05) is 0 Å². The van der Waals surface area contributed by atoms with Crippen molar-refractivity contribution in [2.45, 2.75) is 43.7 Å². The van der Waals surface area contributed by atoms with Crippen LogP contribution in [0.15, 0.2) is 0 Å². The molecule has 0 amide bonds. The predicted octanol–water partition coefficient (Wildman–Crippen LogP) is 0.897. The minimum absolute atomic E-state index is 0.175. The average molecular weight is 210 g/mol. The summed E-state index contributed by atoms with van der Waals surface area (Å²) in [6.07, 6.45) is 6.64. The monoisotopic (exact) mass is 210 g/mol. The number of hydrogen-bond acceptors (Lipinski definition) is 3. The molecule has 0 aromatic rings. The van der Waals surface area contributed by atoms with Gasteiger partial charge in [0.05, 0.1) is 12.2 Å². The number of rotatable bonds is 1. The predicted molar refractivity (Wildman–Crippen MR) is 59.9 cm³/mol. The third kappa shape index (κ3) is 1.71. The van der Waals surface area contributed by atoms with E-state index in [0.717, 1.165) is 32.2 Å². The Balaban J connectivity index is 1.75. The van der Waals surface area contributed by atoms with Crippen LogP contribution in [0.25, 0.3) is 0 Å². The third-order valence-electron chi connectivity index (χ3n) is 4.49. The highest BCUT2D eigenvalue weighted by molar-refractivity contribution is 5.03. The summed E-state index contributed by atoms with van der Waals surface area (Å²) < 4.78 is 6.17. The molecule has 3 rings (SSSR count). The fraction of sp³-hybridized carbons (Fsp3) is 1.00. The Morgan fingerprint density at radius 1 is 1.07 bits per heavy atom. The first-order valence-electron chi connectivity index (χ1n) is 6.49. The van der Waals surface area contributed by atoms with Crippen LogP contribution in [0, 0.1) is 5.92 Å². The second-order valence-corrected chi connectivity index (χ2v) is 5.29. The smallest absolute Gasteiger partial charge is 0.0862 e. The van der Waals surface area contributed by atoms with Gasteiger partial charge in [-0.2, -0.15) is 0 Å². The summed E-state index contributed by atoms with van der Waals surface area (Å²) in [4.78, 5) is 0. The summed E-state index contributed by atoms with van der Waals surface area (Å²) in [7, 11) is 0. The van der Waals surface area contributed by atoms with Crippen molar-refractivity contribution in [2.24, 2.45) is 5.92 Å². The van der Waals surface area contributed by atoms with Crippen LogP contribution in [0.2, 0.25) is 0 Å². The summed E-state index contributed by atoms with van der Waals surface area (Å²) in [5.74, 6) is 0.892. The van der Waals surface area contributed by atoms with Crippen LogP contribution < -0.4 is 10.6 Å². The van der Waals surface area contributed by atoms with E-state index >= 15 is 0 Å². The van der Waals surface area contributed by atoms with Gasteiger partial charge in [-0.1, -0.05) is 6.42 Å². The first kappa shape index (κ1) is 10.1. The van der Waals surface area contributed by atoms with Gasteiger partial charge in [0, 0.05) is 12.6 Å². The van der Waals surface area contributed by atoms with E-state index in [2.05, 4.69) is 10.6 Å². The molecular weight excluding hydrogens is 188 g/mol. The molecule has 1 aliphatic carbocycles. The van der Waals surface area contributed by atoms with Gasteiger partial charge in [0.25, 0.3) is 0 Å². The molecule has 1 unspecified atom stereocenters. The van der Waals surface area contributed by atoms with E-state index in [1.165, 1.54) is 32.1 Å². The minimum atomic E-state index is 0.175. The second kappa shape index (κ2) is 4.04. The summed E-state index contributed by atoms with van der Waals surface area (Å²) in [6.45, 7) is 4.22. The maximum Gasteiger partial charge on any atom is 0.0862 e. The van der Waals surface area contributed by atoms with Gasteiger partial charge in [0.2, 0.25) is 0 Å². The molecule has 3 aliphatic rings. The highest BCUT2D eigenvalue weighted by Crippen LogP contribution is 2.40. The lowest BCUT2D eigenvalue weighted by atomic mass is 9.69. The lowest BCUT2D eigenvalue weighted by Gasteiger charge is -2.52. The van der Waals surface area contributed by atoms with Gasteiger partial charge in [0.15, 0.2) is 0 Å². The molecule has 1 saturated carbocycles. The number of piperidine rings is 1. The number of hydrogen-bond donors (Lipinski definition) is 2. The van der Waals surface area contributed by atoms with Crippen LogP contribution in [0.1, 0.15) is 32.1 Å². The molecule has 15 heavy (non-hydrogen) atoms. The maximum absolute atomic E-state index is 6.17. The summed E-state index contributed by atoms with van der Waals surface area (Å²) in [5.41, 5.74) is 0.175. The number of nitrogens with one attached hydrogen (secondary N) is 2. The molecular formula is C12H22N2O. The number of morpholine rings is 1. The van der Waals surface area contributed by atoms with Crippen LogP contribution in [0.5, 0.6) is 0 Å². The van der Waals surface area contributed by atoms with Gasteiger partial charge in [-0.15, -0.1) is 0 Å². The highest BCUT2D eigenvalue weighted by Gasteiger charge is 2.47. The first-order chi connectivity index (χ1) is 7.41. The normalized spacial score (nSPS) is 36.4. The Morgan fingerprint density at radius 2 is 1.87 bits per heavy atom. The largest absolute Gasteiger partial charge is 0.372 e. The van der Waals surface area contributed by atoms with Crippen molar-refractivity contribution in [3.63, 3.8) is 0 Å². The van der Waals surface area contributed by atoms with E-state index in [1.54, 1.807) is 0 Å². The summed E-state index contributed by atoms with van der Waals surface area (Å²) in [6, 6.07) is 0.641. The van der Waals surface area contributed by atoms with Gasteiger partial charge < -0.3 is 15.4 Å². The van der Waals surface area contributed by atoms with Gasteiger partial charge in [-0.3, -0.25) is 0 Å². The van der Waals surface area contributed by atoms with E-state index in [0.29, 0.717) is 6.04 Å². The number of ether oxygens (including phenoxy) is 1. The molecule has 2 saturated heterocycles. The molecule has 3 nitrogen and oxygen atoms in total. The molecule has 0 bridgehead atoms. The fourth-order valence-corrected chi connectivity index (χ4v) is 3.42. The van der Waals surface area contributed by atoms with Crippen molar-refractivity contribution in [1.82, 2.24) is 10.6 Å². The molecule has 1 atom stereocenters. The zero-order valence-corrected chi connectivity index (χ0v) is 9.43. The summed E-state index contributed by atoms with van der Waals surface area (Å²) in [5, 5.41) is 7.17. The van der Waals surface area contributed by atoms with Crippen molar-refractivity contribution in [3.8, 4) is 0 Å². The molecule has 2 N–H and O–H groups in total. The molecule has 0 radical (unpaired) electrons. The van der Waals surface area contributed by atoms with Crippen LogP contribution in [0.4, 0.5) is 0 Å². The maximum atomic E-state index is 6.17.